The molecule has 2 heterocycles. The van der Waals surface area contributed by atoms with Crippen LogP contribution in [0.25, 0.3) is 0 Å². The molecule has 2 fully saturated rings. The molecule has 0 amide bonds. The minimum Gasteiger partial charge on any atom is -0.372 e. The number of anilines is 1. The van der Waals surface area contributed by atoms with Gasteiger partial charge >= 0.3 is 0 Å². The van der Waals surface area contributed by atoms with Crippen LogP contribution in [0.1, 0.15) is 32.3 Å². The summed E-state index contributed by atoms with van der Waals surface area (Å²) >= 11 is 0. The number of nitrogens with one attached hydrogen (secondary N) is 1. The quantitative estimate of drug-likeness (QED) is 0.899. The summed E-state index contributed by atoms with van der Waals surface area (Å²) in [6, 6.07) is 4.94. The minimum absolute atomic E-state index is 0.273. The van der Waals surface area contributed by atoms with Crippen LogP contribution in [0.4, 0.5) is 5.82 Å². The van der Waals surface area contributed by atoms with Gasteiger partial charge in [-0.3, -0.25) is 0 Å². The standard InChI is InChI=1S/C15H23N3O/c1-11-9-18(10-12(2)19-11)15-13(4-3-7-16-15)8-17-14-5-6-14/h3-4,7,11-12,14,17H,5-6,8-10H2,1-2H3/t11-,12+. The smallest absolute Gasteiger partial charge is 0.133 e. The Kier molecular flexibility index (Phi) is 3.71. The first-order valence-corrected chi connectivity index (χ1v) is 7.30. The highest BCUT2D eigenvalue weighted by Gasteiger charge is 2.25. The maximum absolute atomic E-state index is 5.80. The zero-order valence-corrected chi connectivity index (χ0v) is 11.8. The highest BCUT2D eigenvalue weighted by molar-refractivity contribution is 5.47. The van der Waals surface area contributed by atoms with E-state index in [2.05, 4.69) is 35.1 Å². The Balaban J connectivity index is 1.74. The van der Waals surface area contributed by atoms with Crippen molar-refractivity contribution in [3.63, 3.8) is 0 Å². The number of morpholine rings is 1. The molecule has 2 aliphatic rings. The molecule has 1 aliphatic carbocycles. The average molecular weight is 261 g/mol. The van der Waals surface area contributed by atoms with Gasteiger partial charge in [-0.1, -0.05) is 6.07 Å². The Bertz CT molecular complexity index is 423. The van der Waals surface area contributed by atoms with Crippen LogP contribution in [-0.4, -0.2) is 36.3 Å². The van der Waals surface area contributed by atoms with Crippen LogP contribution in [0, 0.1) is 0 Å². The largest absolute Gasteiger partial charge is 0.372 e. The molecule has 1 N–H and O–H groups in total. The fourth-order valence-corrected chi connectivity index (χ4v) is 2.75. The zero-order chi connectivity index (χ0) is 13.2. The Morgan fingerprint density at radius 3 is 2.74 bits per heavy atom. The molecule has 4 nitrogen and oxygen atoms in total. The topological polar surface area (TPSA) is 37.4 Å². The van der Waals surface area contributed by atoms with E-state index in [9.17, 15) is 0 Å². The summed E-state index contributed by atoms with van der Waals surface area (Å²) in [4.78, 5) is 6.96. The number of rotatable bonds is 4. The van der Waals surface area contributed by atoms with Crippen molar-refractivity contribution in [1.82, 2.24) is 10.3 Å². The van der Waals surface area contributed by atoms with E-state index in [1.807, 2.05) is 12.3 Å². The van der Waals surface area contributed by atoms with E-state index in [4.69, 9.17) is 4.74 Å². The highest BCUT2D eigenvalue weighted by Crippen LogP contribution is 2.24. The van der Waals surface area contributed by atoms with E-state index in [1.165, 1.54) is 18.4 Å². The Morgan fingerprint density at radius 1 is 1.32 bits per heavy atom. The molecule has 19 heavy (non-hydrogen) atoms. The predicted molar refractivity (Wildman–Crippen MR) is 76.3 cm³/mol. The van der Waals surface area contributed by atoms with Gasteiger partial charge in [-0.05, 0) is 32.8 Å². The van der Waals surface area contributed by atoms with Gasteiger partial charge < -0.3 is 15.0 Å². The van der Waals surface area contributed by atoms with Gasteiger partial charge in [-0.2, -0.15) is 0 Å². The maximum Gasteiger partial charge on any atom is 0.133 e. The number of pyridine rings is 1. The normalized spacial score (nSPS) is 27.6. The lowest BCUT2D eigenvalue weighted by Crippen LogP contribution is -2.46. The van der Waals surface area contributed by atoms with E-state index in [-0.39, 0.29) is 12.2 Å². The third kappa shape index (κ3) is 3.25. The molecular formula is C15H23N3O. The molecule has 2 atom stereocenters. The van der Waals surface area contributed by atoms with E-state index in [0.717, 1.165) is 31.5 Å². The molecule has 0 spiro atoms. The molecule has 0 aromatic carbocycles. The van der Waals surface area contributed by atoms with Crippen molar-refractivity contribution >= 4 is 5.82 Å². The van der Waals surface area contributed by atoms with E-state index < -0.39 is 0 Å². The molecule has 1 aromatic heterocycles. The van der Waals surface area contributed by atoms with Crippen molar-refractivity contribution in [3.05, 3.63) is 23.9 Å². The highest BCUT2D eigenvalue weighted by atomic mass is 16.5. The van der Waals surface area contributed by atoms with Gasteiger partial charge in [0, 0.05) is 37.4 Å². The number of hydrogen-bond donors (Lipinski definition) is 1. The second-order valence-corrected chi connectivity index (χ2v) is 5.80. The van der Waals surface area contributed by atoms with Gasteiger partial charge in [0.05, 0.1) is 12.2 Å². The lowest BCUT2D eigenvalue weighted by molar-refractivity contribution is -0.00551. The van der Waals surface area contributed by atoms with Crippen molar-refractivity contribution in [1.29, 1.82) is 0 Å². The number of aromatic nitrogens is 1. The fourth-order valence-electron chi connectivity index (χ4n) is 2.75. The van der Waals surface area contributed by atoms with E-state index in [0.29, 0.717) is 0 Å². The first-order chi connectivity index (χ1) is 9.22. The monoisotopic (exact) mass is 261 g/mol. The predicted octanol–water partition coefficient (Wildman–Crippen LogP) is 1.95. The summed E-state index contributed by atoms with van der Waals surface area (Å²) in [6.07, 6.45) is 5.08. The van der Waals surface area contributed by atoms with Gasteiger partial charge in [-0.15, -0.1) is 0 Å². The van der Waals surface area contributed by atoms with Crippen LogP contribution in [-0.2, 0) is 11.3 Å². The molecule has 0 bridgehead atoms. The summed E-state index contributed by atoms with van der Waals surface area (Å²) < 4.78 is 5.80. The lowest BCUT2D eigenvalue weighted by Gasteiger charge is -2.37. The molecule has 1 saturated carbocycles. The summed E-state index contributed by atoms with van der Waals surface area (Å²) in [5.74, 6) is 1.12. The Labute approximate surface area is 115 Å². The van der Waals surface area contributed by atoms with Crippen LogP contribution < -0.4 is 10.2 Å². The van der Waals surface area contributed by atoms with Crippen molar-refractivity contribution in [3.8, 4) is 0 Å². The fraction of sp³-hybridized carbons (Fsp3) is 0.667. The lowest BCUT2D eigenvalue weighted by atomic mass is 10.2. The average Bonchev–Trinajstić information content (AvgIpc) is 3.19. The molecule has 104 valence electrons. The SMILES string of the molecule is C[C@@H]1CN(c2ncccc2CNC2CC2)C[C@H](C)O1. The Morgan fingerprint density at radius 2 is 2.05 bits per heavy atom. The molecule has 1 saturated heterocycles. The Hall–Kier alpha value is -1.13. The molecular weight excluding hydrogens is 238 g/mol. The van der Waals surface area contributed by atoms with Crippen molar-refractivity contribution in [2.75, 3.05) is 18.0 Å². The van der Waals surface area contributed by atoms with Crippen molar-refractivity contribution in [2.24, 2.45) is 0 Å². The third-order valence-corrected chi connectivity index (χ3v) is 3.75. The van der Waals surface area contributed by atoms with Gasteiger partial charge in [-0.25, -0.2) is 4.98 Å². The first-order valence-electron chi connectivity index (χ1n) is 7.30. The third-order valence-electron chi connectivity index (χ3n) is 3.75. The molecule has 1 aromatic rings. The second kappa shape index (κ2) is 5.47. The zero-order valence-electron chi connectivity index (χ0n) is 11.8. The minimum atomic E-state index is 0.273. The number of nitrogens with zero attached hydrogens (tertiary/aromatic N) is 2. The van der Waals surface area contributed by atoms with Gasteiger partial charge in [0.2, 0.25) is 0 Å². The van der Waals surface area contributed by atoms with Crippen LogP contribution >= 0.6 is 0 Å². The summed E-state index contributed by atoms with van der Waals surface area (Å²) in [6.45, 7) is 7.05. The van der Waals surface area contributed by atoms with Crippen LogP contribution in [0.3, 0.4) is 0 Å². The van der Waals surface area contributed by atoms with Crippen LogP contribution in [0.15, 0.2) is 18.3 Å². The van der Waals surface area contributed by atoms with Gasteiger partial charge in [0.1, 0.15) is 5.82 Å². The molecule has 4 heteroatoms. The molecule has 0 unspecified atom stereocenters. The molecule has 0 radical (unpaired) electrons. The van der Waals surface area contributed by atoms with Crippen LogP contribution in [0.2, 0.25) is 0 Å². The van der Waals surface area contributed by atoms with Crippen molar-refractivity contribution < 1.29 is 4.74 Å². The summed E-state index contributed by atoms with van der Waals surface area (Å²) in [7, 11) is 0. The number of ether oxygens (including phenoxy) is 1. The second-order valence-electron chi connectivity index (χ2n) is 5.80. The first kappa shape index (κ1) is 12.9. The van der Waals surface area contributed by atoms with E-state index in [1.54, 1.807) is 0 Å². The maximum atomic E-state index is 5.80. The van der Waals surface area contributed by atoms with Gasteiger partial charge in [0.25, 0.3) is 0 Å². The van der Waals surface area contributed by atoms with E-state index >= 15 is 0 Å². The number of hydrogen-bond acceptors (Lipinski definition) is 4. The van der Waals surface area contributed by atoms with Gasteiger partial charge in [0.15, 0.2) is 0 Å². The molecule has 3 rings (SSSR count). The summed E-state index contributed by atoms with van der Waals surface area (Å²) in [5, 5.41) is 3.58. The summed E-state index contributed by atoms with van der Waals surface area (Å²) in [5.41, 5.74) is 1.30. The van der Waals surface area contributed by atoms with Crippen LogP contribution in [0.5, 0.6) is 0 Å². The van der Waals surface area contributed by atoms with Crippen molar-refractivity contribution in [2.45, 2.75) is 51.5 Å². The molecule has 1 aliphatic heterocycles.